The Bertz CT molecular complexity index is 630. The van der Waals surface area contributed by atoms with Gasteiger partial charge in [-0.1, -0.05) is 74.2 Å². The highest BCUT2D eigenvalue weighted by Crippen LogP contribution is 2.43. The predicted molar refractivity (Wildman–Crippen MR) is 102 cm³/mol. The molecule has 0 aliphatic rings. The zero-order chi connectivity index (χ0) is 16.7. The highest BCUT2D eigenvalue weighted by Gasteiger charge is 2.37. The molecule has 0 fully saturated rings. The molecular weight excluding hydrogens is 299 g/mol. The molecule has 0 radical (unpaired) electrons. The summed E-state index contributed by atoms with van der Waals surface area (Å²) in [5, 5.41) is -0.203. The molecule has 2 rings (SSSR count). The Morgan fingerprint density at radius 3 is 2.17 bits per heavy atom. The molecule has 0 aromatic heterocycles. The van der Waals surface area contributed by atoms with Gasteiger partial charge in [-0.3, -0.25) is 0 Å². The van der Waals surface area contributed by atoms with Gasteiger partial charge in [-0.2, -0.15) is 0 Å². The second kappa shape index (κ2) is 8.41. The van der Waals surface area contributed by atoms with Crippen LogP contribution >= 0.6 is 8.46 Å². The monoisotopic (exact) mass is 327 g/mol. The molecular formula is C21H28OP+. The third kappa shape index (κ3) is 4.09. The van der Waals surface area contributed by atoms with Crippen LogP contribution in [0, 0.1) is 0 Å². The summed E-state index contributed by atoms with van der Waals surface area (Å²) in [6.45, 7) is 6.52. The maximum atomic E-state index is 12.0. The normalized spacial score (nSPS) is 11.8. The lowest BCUT2D eigenvalue weighted by Crippen LogP contribution is -2.17. The third-order valence-electron chi connectivity index (χ3n) is 4.87. The van der Waals surface area contributed by atoms with Crippen LogP contribution in [0.4, 0.5) is 0 Å². The summed E-state index contributed by atoms with van der Waals surface area (Å²) in [4.78, 5) is 0. The maximum absolute atomic E-state index is 12.0. The first-order valence-corrected chi connectivity index (χ1v) is 9.69. The van der Waals surface area contributed by atoms with Crippen LogP contribution < -0.4 is 0 Å². The van der Waals surface area contributed by atoms with Crippen molar-refractivity contribution in [1.82, 2.24) is 0 Å². The van der Waals surface area contributed by atoms with E-state index in [1.54, 1.807) is 0 Å². The van der Waals surface area contributed by atoms with Gasteiger partial charge in [-0.05, 0) is 48.4 Å². The van der Waals surface area contributed by atoms with Crippen LogP contribution in [0.2, 0.25) is 0 Å². The van der Waals surface area contributed by atoms with Gasteiger partial charge in [-0.25, -0.2) is 0 Å². The van der Waals surface area contributed by atoms with Gasteiger partial charge in [-0.15, -0.1) is 0 Å². The Morgan fingerprint density at radius 2 is 1.61 bits per heavy atom. The van der Waals surface area contributed by atoms with E-state index in [9.17, 15) is 4.57 Å². The Labute approximate surface area is 142 Å². The number of hydrogen-bond acceptors (Lipinski definition) is 1. The molecule has 0 aliphatic carbocycles. The van der Waals surface area contributed by atoms with Crippen LogP contribution in [0.5, 0.6) is 0 Å². The number of aryl methyl sites for hydroxylation is 1. The van der Waals surface area contributed by atoms with E-state index >= 15 is 0 Å². The summed E-state index contributed by atoms with van der Waals surface area (Å²) in [6, 6.07) is 17.4. The zero-order valence-corrected chi connectivity index (χ0v) is 15.6. The van der Waals surface area contributed by atoms with Crippen molar-refractivity contribution in [2.45, 2.75) is 58.0 Å². The zero-order valence-electron chi connectivity index (χ0n) is 14.6. The topological polar surface area (TPSA) is 17.1 Å². The molecule has 2 aromatic carbocycles. The molecule has 0 N–H and O–H groups in total. The quantitative estimate of drug-likeness (QED) is 0.491. The molecule has 0 bridgehead atoms. The molecule has 2 heteroatoms. The van der Waals surface area contributed by atoms with E-state index in [0.717, 1.165) is 19.3 Å². The highest BCUT2D eigenvalue weighted by molar-refractivity contribution is 7.25. The van der Waals surface area contributed by atoms with Gasteiger partial charge in [0.2, 0.25) is 0 Å². The van der Waals surface area contributed by atoms with Crippen molar-refractivity contribution < 1.29 is 4.57 Å². The molecule has 0 saturated carbocycles. The second-order valence-corrected chi connectivity index (χ2v) is 7.44. The summed E-state index contributed by atoms with van der Waals surface area (Å²) >= 11 is 0. The lowest BCUT2D eigenvalue weighted by molar-refractivity contribution is 0.521. The molecule has 122 valence electrons. The minimum atomic E-state index is -0.301. The van der Waals surface area contributed by atoms with Crippen molar-refractivity contribution in [3.8, 4) is 11.1 Å². The van der Waals surface area contributed by atoms with E-state index in [2.05, 4.69) is 63.2 Å². The van der Waals surface area contributed by atoms with E-state index in [1.807, 2.05) is 6.07 Å². The molecule has 1 unspecified atom stereocenters. The van der Waals surface area contributed by atoms with Crippen LogP contribution in [0.15, 0.2) is 48.5 Å². The standard InChI is InChI=1S/C21H27OP/c1-4-7-11-17-14-19(18-12-9-8-10-13-18)16-20(15-17)21(5-2,6-3)23-22/h8-10,12-16H,4-7,11H2,1-3H3/p+1. The number of rotatable bonds is 8. The van der Waals surface area contributed by atoms with E-state index < -0.39 is 0 Å². The van der Waals surface area contributed by atoms with Gasteiger partial charge in [0.1, 0.15) is 0 Å². The van der Waals surface area contributed by atoms with Crippen molar-refractivity contribution in [2.75, 3.05) is 0 Å². The van der Waals surface area contributed by atoms with E-state index in [4.69, 9.17) is 0 Å². The molecule has 0 saturated heterocycles. The van der Waals surface area contributed by atoms with Crippen LogP contribution in [0.3, 0.4) is 0 Å². The molecule has 0 spiro atoms. The number of unbranched alkanes of at least 4 members (excludes halogenated alkanes) is 1. The number of benzene rings is 2. The van der Waals surface area contributed by atoms with Crippen molar-refractivity contribution in [3.63, 3.8) is 0 Å². The Morgan fingerprint density at radius 1 is 0.913 bits per heavy atom. The van der Waals surface area contributed by atoms with Gasteiger partial charge in [0, 0.05) is 5.56 Å². The molecule has 0 heterocycles. The summed E-state index contributed by atoms with van der Waals surface area (Å²) in [7, 11) is -0.301. The average molecular weight is 327 g/mol. The summed E-state index contributed by atoms with van der Waals surface area (Å²) < 4.78 is 12.0. The smallest absolute Gasteiger partial charge is 0.0764 e. The first-order chi connectivity index (χ1) is 11.2. The van der Waals surface area contributed by atoms with E-state index in [1.165, 1.54) is 35.1 Å². The fraction of sp³-hybridized carbons (Fsp3) is 0.429. The first-order valence-electron chi connectivity index (χ1n) is 8.78. The molecule has 0 aliphatic heterocycles. The molecule has 2 aromatic rings. The predicted octanol–water partition coefficient (Wildman–Crippen LogP) is 6.74. The van der Waals surface area contributed by atoms with Crippen molar-refractivity contribution >= 4 is 8.46 Å². The van der Waals surface area contributed by atoms with E-state index in [-0.39, 0.29) is 13.6 Å². The van der Waals surface area contributed by atoms with Crippen LogP contribution in [0.25, 0.3) is 11.1 Å². The minimum absolute atomic E-state index is 0.203. The SMILES string of the molecule is CCCCc1cc(-c2ccccc2)cc(C(CC)(CC)[PH+]=O)c1. The largest absolute Gasteiger partial charge is 0.335 e. The van der Waals surface area contributed by atoms with Crippen LogP contribution in [0.1, 0.15) is 57.6 Å². The fourth-order valence-electron chi connectivity index (χ4n) is 3.15. The van der Waals surface area contributed by atoms with Crippen molar-refractivity contribution in [1.29, 1.82) is 0 Å². The molecule has 23 heavy (non-hydrogen) atoms. The first kappa shape index (κ1) is 17.9. The van der Waals surface area contributed by atoms with Crippen LogP contribution in [-0.4, -0.2) is 0 Å². The Balaban J connectivity index is 2.55. The molecule has 1 atom stereocenters. The van der Waals surface area contributed by atoms with Gasteiger partial charge in [0.15, 0.2) is 5.16 Å². The van der Waals surface area contributed by atoms with Gasteiger partial charge in [0.25, 0.3) is 0 Å². The minimum Gasteiger partial charge on any atom is -0.0764 e. The molecule has 1 nitrogen and oxygen atoms in total. The van der Waals surface area contributed by atoms with Gasteiger partial charge >= 0.3 is 8.46 Å². The third-order valence-corrected chi connectivity index (χ3v) is 6.26. The van der Waals surface area contributed by atoms with Gasteiger partial charge < -0.3 is 0 Å². The fourth-order valence-corrected chi connectivity index (χ4v) is 3.70. The summed E-state index contributed by atoms with van der Waals surface area (Å²) in [5.41, 5.74) is 5.09. The lowest BCUT2D eigenvalue weighted by Gasteiger charge is -2.20. The number of hydrogen-bond donors (Lipinski definition) is 0. The van der Waals surface area contributed by atoms with Crippen molar-refractivity contribution in [2.24, 2.45) is 0 Å². The van der Waals surface area contributed by atoms with Crippen LogP contribution in [-0.2, 0) is 16.1 Å². The maximum Gasteiger partial charge on any atom is 0.335 e. The Kier molecular flexibility index (Phi) is 6.54. The van der Waals surface area contributed by atoms with Gasteiger partial charge in [0.05, 0.1) is 0 Å². The second-order valence-electron chi connectivity index (χ2n) is 6.28. The average Bonchev–Trinajstić information content (AvgIpc) is 2.62. The van der Waals surface area contributed by atoms with Crippen molar-refractivity contribution in [3.05, 3.63) is 59.7 Å². The lowest BCUT2D eigenvalue weighted by atomic mass is 9.87. The summed E-state index contributed by atoms with van der Waals surface area (Å²) in [6.07, 6.45) is 5.31. The van der Waals surface area contributed by atoms with E-state index in [0.29, 0.717) is 0 Å². The summed E-state index contributed by atoms with van der Waals surface area (Å²) in [5.74, 6) is 0. The highest BCUT2D eigenvalue weighted by atomic mass is 31.1. The molecule has 0 amide bonds. The Hall–Kier alpha value is -1.46.